The summed E-state index contributed by atoms with van der Waals surface area (Å²) in [5.74, 6) is 0.567. The van der Waals surface area contributed by atoms with Crippen molar-refractivity contribution in [1.29, 1.82) is 0 Å². The van der Waals surface area contributed by atoms with E-state index in [1.54, 1.807) is 0 Å². The number of nitrogens with one attached hydrogen (secondary N) is 1. The van der Waals surface area contributed by atoms with Gasteiger partial charge in [0.2, 0.25) is 0 Å². The van der Waals surface area contributed by atoms with Crippen molar-refractivity contribution in [2.24, 2.45) is 5.92 Å². The van der Waals surface area contributed by atoms with Crippen LogP contribution >= 0.6 is 11.6 Å². The number of piperidine rings is 1. The maximum absolute atomic E-state index is 12.1. The number of rotatable bonds is 3. The number of aromatic nitrogens is 2. The Bertz CT molecular complexity index is 522. The van der Waals surface area contributed by atoms with E-state index in [9.17, 15) is 8.42 Å². The summed E-state index contributed by atoms with van der Waals surface area (Å²) in [5, 5.41) is 0.203. The topological polar surface area (TPSA) is 75.2 Å². The predicted octanol–water partition coefficient (Wildman–Crippen LogP) is 1.52. The van der Waals surface area contributed by atoms with Crippen LogP contribution in [-0.2, 0) is 10.2 Å². The smallest absolute Gasteiger partial charge is 0.254 e. The molecule has 8 heteroatoms. The molecule has 0 bridgehead atoms. The summed E-state index contributed by atoms with van der Waals surface area (Å²) in [6.07, 6.45) is 3.16. The Hall–Kier alpha value is -0.920. The third kappa shape index (κ3) is 3.30. The summed E-state index contributed by atoms with van der Waals surface area (Å²) in [5.41, 5.74) is 0. The van der Waals surface area contributed by atoms with E-state index >= 15 is 0 Å². The molecule has 0 amide bonds. The molecule has 0 aromatic carbocycles. The Balaban J connectivity index is 2.11. The molecular weight excluding hydrogens is 276 g/mol. The predicted molar refractivity (Wildman–Crippen MR) is 69.6 cm³/mol. The van der Waals surface area contributed by atoms with Gasteiger partial charge in [0.25, 0.3) is 0 Å². The minimum atomic E-state index is -3.55. The van der Waals surface area contributed by atoms with Crippen molar-refractivity contribution in [2.75, 3.05) is 17.8 Å². The van der Waals surface area contributed by atoms with Crippen molar-refractivity contribution in [3.8, 4) is 0 Å². The standard InChI is InChI=1S/C10H15ClN4O2S/c1-8-3-2-4-15(6-8)18(16,17)14-10-5-9(11)12-7-13-10/h5,7-8H,2-4,6H2,1H3,(H,12,13,14). The molecule has 1 N–H and O–H groups in total. The minimum absolute atomic E-state index is 0.188. The first-order chi connectivity index (χ1) is 8.47. The van der Waals surface area contributed by atoms with Gasteiger partial charge < -0.3 is 0 Å². The molecule has 1 aliphatic rings. The minimum Gasteiger partial charge on any atom is -0.254 e. The van der Waals surface area contributed by atoms with E-state index in [0.717, 1.165) is 12.8 Å². The molecule has 1 aromatic heterocycles. The fraction of sp³-hybridized carbons (Fsp3) is 0.600. The SMILES string of the molecule is CC1CCCN(S(=O)(=O)Nc2cc(Cl)ncn2)C1. The van der Waals surface area contributed by atoms with Crippen molar-refractivity contribution in [3.05, 3.63) is 17.5 Å². The molecule has 1 aliphatic heterocycles. The lowest BCUT2D eigenvalue weighted by Gasteiger charge is -2.29. The fourth-order valence-electron chi connectivity index (χ4n) is 1.95. The van der Waals surface area contributed by atoms with E-state index in [2.05, 4.69) is 14.7 Å². The Morgan fingerprint density at radius 1 is 1.50 bits per heavy atom. The van der Waals surface area contributed by atoms with Crippen LogP contribution in [0.2, 0.25) is 5.15 Å². The monoisotopic (exact) mass is 290 g/mol. The average molecular weight is 291 g/mol. The highest BCUT2D eigenvalue weighted by molar-refractivity contribution is 7.90. The van der Waals surface area contributed by atoms with Crippen molar-refractivity contribution < 1.29 is 8.42 Å². The van der Waals surface area contributed by atoms with E-state index in [1.807, 2.05) is 6.92 Å². The summed E-state index contributed by atoms with van der Waals surface area (Å²) < 4.78 is 28.1. The van der Waals surface area contributed by atoms with Gasteiger partial charge in [0.05, 0.1) is 0 Å². The first kappa shape index (κ1) is 13.5. The quantitative estimate of drug-likeness (QED) is 0.857. The molecular formula is C10H15ClN4O2S. The second-order valence-electron chi connectivity index (χ2n) is 4.44. The Morgan fingerprint density at radius 3 is 2.94 bits per heavy atom. The number of hydrogen-bond acceptors (Lipinski definition) is 4. The molecule has 0 spiro atoms. The Kier molecular flexibility index (Phi) is 4.04. The lowest BCUT2D eigenvalue weighted by Crippen LogP contribution is -2.42. The van der Waals surface area contributed by atoms with Crippen molar-refractivity contribution in [2.45, 2.75) is 19.8 Å². The summed E-state index contributed by atoms with van der Waals surface area (Å²) in [6.45, 7) is 3.12. The molecule has 2 rings (SSSR count). The Labute approximate surface area is 112 Å². The normalized spacial score (nSPS) is 21.8. The van der Waals surface area contributed by atoms with Gasteiger partial charge in [-0.3, -0.25) is 4.72 Å². The molecule has 1 saturated heterocycles. The van der Waals surface area contributed by atoms with E-state index in [-0.39, 0.29) is 11.0 Å². The van der Waals surface area contributed by atoms with Gasteiger partial charge in [-0.2, -0.15) is 12.7 Å². The molecule has 0 radical (unpaired) electrons. The third-order valence-corrected chi connectivity index (χ3v) is 4.51. The van der Waals surface area contributed by atoms with Crippen molar-refractivity contribution in [1.82, 2.24) is 14.3 Å². The van der Waals surface area contributed by atoms with E-state index in [4.69, 9.17) is 11.6 Å². The molecule has 2 heterocycles. The maximum atomic E-state index is 12.1. The van der Waals surface area contributed by atoms with Gasteiger partial charge in [-0.25, -0.2) is 9.97 Å². The highest BCUT2D eigenvalue weighted by atomic mass is 35.5. The first-order valence-electron chi connectivity index (χ1n) is 5.73. The van der Waals surface area contributed by atoms with Gasteiger partial charge in [-0.05, 0) is 18.8 Å². The maximum Gasteiger partial charge on any atom is 0.302 e. The molecule has 1 aromatic rings. The van der Waals surface area contributed by atoms with Crippen LogP contribution in [0.25, 0.3) is 0 Å². The molecule has 1 fully saturated rings. The lowest BCUT2D eigenvalue weighted by atomic mass is 10.0. The van der Waals surface area contributed by atoms with Crippen molar-refractivity contribution >= 4 is 27.6 Å². The zero-order chi connectivity index (χ0) is 13.2. The number of halogens is 1. The van der Waals surface area contributed by atoms with Gasteiger partial charge in [0.15, 0.2) is 0 Å². The average Bonchev–Trinajstić information content (AvgIpc) is 2.28. The summed E-state index contributed by atoms with van der Waals surface area (Å²) in [6, 6.07) is 1.38. The Morgan fingerprint density at radius 2 is 2.28 bits per heavy atom. The van der Waals surface area contributed by atoms with Crippen LogP contribution in [0, 0.1) is 5.92 Å². The lowest BCUT2D eigenvalue weighted by molar-refractivity contribution is 0.282. The number of anilines is 1. The van der Waals surface area contributed by atoms with E-state index in [0.29, 0.717) is 19.0 Å². The molecule has 0 aliphatic carbocycles. The number of hydrogen-bond donors (Lipinski definition) is 1. The van der Waals surface area contributed by atoms with Crippen LogP contribution in [-0.4, -0.2) is 35.8 Å². The van der Waals surface area contributed by atoms with Crippen LogP contribution in [0.5, 0.6) is 0 Å². The van der Waals surface area contributed by atoms with Gasteiger partial charge >= 0.3 is 10.2 Å². The van der Waals surface area contributed by atoms with Crippen LogP contribution in [0.1, 0.15) is 19.8 Å². The second-order valence-corrected chi connectivity index (χ2v) is 6.50. The van der Waals surface area contributed by atoms with Crippen molar-refractivity contribution in [3.63, 3.8) is 0 Å². The van der Waals surface area contributed by atoms with Gasteiger partial charge in [-0.1, -0.05) is 18.5 Å². The summed E-state index contributed by atoms with van der Waals surface area (Å²) >= 11 is 5.68. The van der Waals surface area contributed by atoms with Gasteiger partial charge in [0.1, 0.15) is 17.3 Å². The zero-order valence-electron chi connectivity index (χ0n) is 10.0. The van der Waals surface area contributed by atoms with Gasteiger partial charge in [0, 0.05) is 19.2 Å². The second kappa shape index (κ2) is 5.38. The summed E-state index contributed by atoms with van der Waals surface area (Å²) in [4.78, 5) is 7.53. The summed E-state index contributed by atoms with van der Waals surface area (Å²) in [7, 11) is -3.55. The molecule has 1 atom stereocenters. The highest BCUT2D eigenvalue weighted by Gasteiger charge is 2.27. The third-order valence-electron chi connectivity index (χ3n) is 2.83. The van der Waals surface area contributed by atoms with Crippen LogP contribution < -0.4 is 4.72 Å². The van der Waals surface area contributed by atoms with Gasteiger partial charge in [-0.15, -0.1) is 0 Å². The molecule has 1 unspecified atom stereocenters. The van der Waals surface area contributed by atoms with E-state index < -0.39 is 10.2 Å². The molecule has 0 saturated carbocycles. The molecule has 18 heavy (non-hydrogen) atoms. The largest absolute Gasteiger partial charge is 0.302 e. The zero-order valence-corrected chi connectivity index (χ0v) is 11.6. The molecule has 6 nitrogen and oxygen atoms in total. The first-order valence-corrected chi connectivity index (χ1v) is 7.54. The van der Waals surface area contributed by atoms with Crippen LogP contribution in [0.3, 0.4) is 0 Å². The van der Waals surface area contributed by atoms with Crippen LogP contribution in [0.4, 0.5) is 5.82 Å². The fourth-order valence-corrected chi connectivity index (χ4v) is 3.42. The molecule has 100 valence electrons. The highest BCUT2D eigenvalue weighted by Crippen LogP contribution is 2.20. The van der Waals surface area contributed by atoms with E-state index in [1.165, 1.54) is 16.7 Å². The number of nitrogens with zero attached hydrogens (tertiary/aromatic N) is 3. The van der Waals surface area contributed by atoms with Crippen LogP contribution in [0.15, 0.2) is 12.4 Å².